The fourth-order valence-electron chi connectivity index (χ4n) is 3.50. The number of carbonyl (C=O) groups is 2. The number of rotatable bonds is 5. The first kappa shape index (κ1) is 16.5. The van der Waals surface area contributed by atoms with Crippen molar-refractivity contribution in [3.63, 3.8) is 0 Å². The van der Waals surface area contributed by atoms with Crippen LogP contribution in [-0.2, 0) is 16.0 Å². The molecule has 4 rings (SSSR count). The maximum absolute atomic E-state index is 13.9. The molecule has 1 aliphatic rings. The normalized spacial score (nSPS) is 17.4. The van der Waals surface area contributed by atoms with Crippen LogP contribution in [0.5, 0.6) is 0 Å². The van der Waals surface area contributed by atoms with Gasteiger partial charge in [-0.3, -0.25) is 9.59 Å². The first-order valence-electron chi connectivity index (χ1n) is 8.65. The van der Waals surface area contributed by atoms with Gasteiger partial charge in [0.05, 0.1) is 18.7 Å². The summed E-state index contributed by atoms with van der Waals surface area (Å²) in [5.74, 6) is -1.26. The van der Waals surface area contributed by atoms with Crippen molar-refractivity contribution in [3.05, 3.63) is 66.1 Å². The monoisotopic (exact) mass is 352 g/mol. The number of halogens is 1. The number of quaternary nitrogens is 1. The number of aromatic nitrogens is 1. The van der Waals surface area contributed by atoms with Crippen LogP contribution in [0.4, 0.5) is 10.1 Å². The Hall–Kier alpha value is -2.99. The van der Waals surface area contributed by atoms with Crippen molar-refractivity contribution in [1.29, 1.82) is 0 Å². The molecule has 3 N–H and O–H groups in total. The van der Waals surface area contributed by atoms with Crippen molar-refractivity contribution in [2.75, 3.05) is 11.4 Å². The minimum absolute atomic E-state index is 0.0371. The molecule has 1 aliphatic heterocycles. The highest BCUT2D eigenvalue weighted by molar-refractivity contribution is 6.21. The van der Waals surface area contributed by atoms with E-state index < -0.39 is 11.9 Å². The van der Waals surface area contributed by atoms with Gasteiger partial charge in [0.15, 0.2) is 6.04 Å². The van der Waals surface area contributed by atoms with Gasteiger partial charge < -0.3 is 10.3 Å². The molecule has 0 aliphatic carbocycles. The van der Waals surface area contributed by atoms with E-state index in [-0.39, 0.29) is 23.9 Å². The van der Waals surface area contributed by atoms with Gasteiger partial charge in [-0.05, 0) is 23.8 Å². The molecular formula is C20H19FN3O2+. The molecule has 0 spiro atoms. The Balaban J connectivity index is 1.42. The fraction of sp³-hybridized carbons (Fsp3) is 0.200. The summed E-state index contributed by atoms with van der Waals surface area (Å²) in [7, 11) is 0. The zero-order valence-corrected chi connectivity index (χ0v) is 14.1. The van der Waals surface area contributed by atoms with Crippen LogP contribution in [0.15, 0.2) is 54.7 Å². The van der Waals surface area contributed by atoms with Crippen LogP contribution in [0.1, 0.15) is 12.0 Å². The number of amides is 2. The van der Waals surface area contributed by atoms with E-state index in [2.05, 4.69) is 11.1 Å². The average Bonchev–Trinajstić information content (AvgIpc) is 3.17. The number of aromatic amines is 1. The van der Waals surface area contributed by atoms with Crippen molar-refractivity contribution in [1.82, 2.24) is 4.98 Å². The van der Waals surface area contributed by atoms with E-state index in [0.29, 0.717) is 6.54 Å². The fourth-order valence-corrected chi connectivity index (χ4v) is 3.50. The number of para-hydroxylation sites is 2. The lowest BCUT2D eigenvalue weighted by Gasteiger charge is -2.14. The Morgan fingerprint density at radius 2 is 1.88 bits per heavy atom. The Morgan fingerprint density at radius 1 is 1.12 bits per heavy atom. The summed E-state index contributed by atoms with van der Waals surface area (Å²) >= 11 is 0. The number of nitrogens with one attached hydrogen (secondary N) is 1. The molecule has 5 nitrogen and oxygen atoms in total. The van der Waals surface area contributed by atoms with Gasteiger partial charge in [0.25, 0.3) is 5.91 Å². The van der Waals surface area contributed by atoms with Crippen LogP contribution in [0.3, 0.4) is 0 Å². The van der Waals surface area contributed by atoms with Gasteiger partial charge in [-0.2, -0.15) is 0 Å². The van der Waals surface area contributed by atoms with E-state index in [1.165, 1.54) is 29.1 Å². The third-order valence-electron chi connectivity index (χ3n) is 4.81. The summed E-state index contributed by atoms with van der Waals surface area (Å²) in [4.78, 5) is 29.0. The zero-order valence-electron chi connectivity index (χ0n) is 14.1. The third-order valence-corrected chi connectivity index (χ3v) is 4.81. The largest absolute Gasteiger partial charge is 0.361 e. The highest BCUT2D eigenvalue weighted by Crippen LogP contribution is 2.24. The molecule has 0 saturated carbocycles. The van der Waals surface area contributed by atoms with Gasteiger partial charge >= 0.3 is 0 Å². The van der Waals surface area contributed by atoms with Crippen molar-refractivity contribution in [3.8, 4) is 0 Å². The number of carbonyl (C=O) groups excluding carboxylic acids is 2. The minimum atomic E-state index is -0.561. The lowest BCUT2D eigenvalue weighted by molar-refractivity contribution is -0.674. The summed E-state index contributed by atoms with van der Waals surface area (Å²) in [6.07, 6.45) is 2.86. The molecule has 0 unspecified atom stereocenters. The van der Waals surface area contributed by atoms with E-state index in [9.17, 15) is 14.0 Å². The van der Waals surface area contributed by atoms with Crippen LogP contribution >= 0.6 is 0 Å². The molecule has 132 valence electrons. The summed E-state index contributed by atoms with van der Waals surface area (Å²) < 4.78 is 13.9. The highest BCUT2D eigenvalue weighted by Gasteiger charge is 2.42. The van der Waals surface area contributed by atoms with Gasteiger partial charge in [-0.1, -0.05) is 30.3 Å². The van der Waals surface area contributed by atoms with Crippen molar-refractivity contribution < 1.29 is 19.3 Å². The van der Waals surface area contributed by atoms with Crippen LogP contribution in [-0.4, -0.2) is 29.4 Å². The second-order valence-corrected chi connectivity index (χ2v) is 6.46. The lowest BCUT2D eigenvalue weighted by Crippen LogP contribution is -2.92. The molecule has 6 heteroatoms. The summed E-state index contributed by atoms with van der Waals surface area (Å²) in [5.41, 5.74) is 2.30. The maximum Gasteiger partial charge on any atom is 0.292 e. The second kappa shape index (κ2) is 6.72. The summed E-state index contributed by atoms with van der Waals surface area (Å²) in [6.45, 7) is 0.677. The summed E-state index contributed by atoms with van der Waals surface area (Å²) in [5, 5.41) is 3.05. The predicted octanol–water partition coefficient (Wildman–Crippen LogP) is 1.74. The molecule has 1 atom stereocenters. The molecule has 1 saturated heterocycles. The molecule has 2 heterocycles. The lowest BCUT2D eigenvalue weighted by atomic mass is 10.1. The number of hydrogen-bond donors (Lipinski definition) is 2. The van der Waals surface area contributed by atoms with E-state index in [1.54, 1.807) is 6.07 Å². The van der Waals surface area contributed by atoms with Crippen molar-refractivity contribution in [2.24, 2.45) is 0 Å². The number of H-pyrrole nitrogens is 1. The third kappa shape index (κ3) is 2.88. The highest BCUT2D eigenvalue weighted by atomic mass is 19.1. The number of fused-ring (bicyclic) bond motifs is 1. The zero-order chi connectivity index (χ0) is 18.1. The Morgan fingerprint density at radius 3 is 2.73 bits per heavy atom. The minimum Gasteiger partial charge on any atom is -0.361 e. The Bertz CT molecular complexity index is 982. The van der Waals surface area contributed by atoms with E-state index >= 15 is 0 Å². The van der Waals surface area contributed by atoms with Gasteiger partial charge in [-0.25, -0.2) is 9.29 Å². The van der Waals surface area contributed by atoms with Crippen LogP contribution in [0, 0.1) is 5.82 Å². The molecule has 1 aromatic heterocycles. The van der Waals surface area contributed by atoms with Gasteiger partial charge in [-0.15, -0.1) is 0 Å². The molecule has 0 bridgehead atoms. The van der Waals surface area contributed by atoms with Gasteiger partial charge in [0, 0.05) is 23.5 Å². The molecular weight excluding hydrogens is 333 g/mol. The van der Waals surface area contributed by atoms with Crippen LogP contribution in [0.25, 0.3) is 10.9 Å². The van der Waals surface area contributed by atoms with E-state index in [0.717, 1.165) is 16.8 Å². The quantitative estimate of drug-likeness (QED) is 0.687. The van der Waals surface area contributed by atoms with Crippen molar-refractivity contribution >= 4 is 28.4 Å². The Kier molecular flexibility index (Phi) is 4.26. The van der Waals surface area contributed by atoms with E-state index in [4.69, 9.17) is 0 Å². The first-order chi connectivity index (χ1) is 12.6. The molecule has 26 heavy (non-hydrogen) atoms. The molecule has 2 amide bonds. The molecule has 0 radical (unpaired) electrons. The van der Waals surface area contributed by atoms with Crippen LogP contribution in [0.2, 0.25) is 0 Å². The number of anilines is 1. The van der Waals surface area contributed by atoms with Crippen molar-refractivity contribution in [2.45, 2.75) is 18.9 Å². The number of nitrogens with zero attached hydrogens (tertiary/aromatic N) is 1. The SMILES string of the molecule is O=C1C[C@@H]([NH2+]CCc2c[nH]c3ccccc23)C(=O)N1c1ccccc1F. The molecule has 2 aromatic carbocycles. The number of benzene rings is 2. The summed E-state index contributed by atoms with van der Waals surface area (Å²) in [6, 6.07) is 13.4. The van der Waals surface area contributed by atoms with Crippen LogP contribution < -0.4 is 10.2 Å². The second-order valence-electron chi connectivity index (χ2n) is 6.46. The maximum atomic E-state index is 13.9. The molecule has 1 fully saturated rings. The first-order valence-corrected chi connectivity index (χ1v) is 8.65. The number of nitrogens with two attached hydrogens (primary N) is 1. The topological polar surface area (TPSA) is 69.8 Å². The van der Waals surface area contributed by atoms with E-state index in [1.807, 2.05) is 29.7 Å². The van der Waals surface area contributed by atoms with Gasteiger partial charge in [0.2, 0.25) is 5.91 Å². The number of hydrogen-bond acceptors (Lipinski definition) is 2. The average molecular weight is 352 g/mol. The smallest absolute Gasteiger partial charge is 0.292 e. The molecule has 3 aromatic rings. The predicted molar refractivity (Wildman–Crippen MR) is 96.1 cm³/mol. The number of imide groups is 1. The standard InChI is InChI=1S/C20H18FN3O2/c21-15-6-2-4-8-18(15)24-19(25)11-17(20(24)26)22-10-9-13-12-23-16-7-3-1-5-14(13)16/h1-8,12,17,22-23H,9-11H2/p+1/t17-/m1/s1. The Labute approximate surface area is 149 Å². The van der Waals surface area contributed by atoms with Gasteiger partial charge in [0.1, 0.15) is 5.82 Å².